The van der Waals surface area contributed by atoms with Crippen molar-refractivity contribution in [3.8, 4) is 11.8 Å². The highest BCUT2D eigenvalue weighted by Gasteiger charge is 2.19. The minimum Gasteiger partial charge on any atom is -0.495 e. The predicted octanol–water partition coefficient (Wildman–Crippen LogP) is 2.20. The number of nitrogens with zero attached hydrogens (tertiary/aromatic N) is 1. The van der Waals surface area contributed by atoms with Crippen LogP contribution in [0.3, 0.4) is 0 Å². The molecule has 0 spiro atoms. The molecule has 90 valence electrons. The van der Waals surface area contributed by atoms with Crippen molar-refractivity contribution < 1.29 is 14.3 Å². The molecule has 5 heteroatoms. The van der Waals surface area contributed by atoms with Crippen molar-refractivity contribution in [2.24, 2.45) is 5.92 Å². The first-order chi connectivity index (χ1) is 8.12. The van der Waals surface area contributed by atoms with Gasteiger partial charge in [0.25, 0.3) is 0 Å². The maximum Gasteiger partial charge on any atom is 0.323 e. The summed E-state index contributed by atoms with van der Waals surface area (Å²) >= 11 is 5.95. The zero-order chi connectivity index (χ0) is 12.8. The summed E-state index contributed by atoms with van der Waals surface area (Å²) in [4.78, 5) is 11.3. The second kappa shape index (κ2) is 6.12. The number of nitriles is 1. The van der Waals surface area contributed by atoms with E-state index >= 15 is 0 Å². The van der Waals surface area contributed by atoms with Crippen molar-refractivity contribution in [1.82, 2.24) is 0 Å². The lowest BCUT2D eigenvalue weighted by Gasteiger charge is -2.08. The number of esters is 1. The summed E-state index contributed by atoms with van der Waals surface area (Å²) in [6.45, 7) is 0. The van der Waals surface area contributed by atoms with Crippen molar-refractivity contribution >= 4 is 17.6 Å². The molecule has 0 aliphatic heterocycles. The number of methoxy groups -OCH3 is 2. The fourth-order valence-electron chi connectivity index (χ4n) is 1.40. The number of halogens is 1. The summed E-state index contributed by atoms with van der Waals surface area (Å²) in [6.07, 6.45) is 0.271. The van der Waals surface area contributed by atoms with Crippen LogP contribution in [0.15, 0.2) is 18.2 Å². The average molecular weight is 254 g/mol. The first-order valence-electron chi connectivity index (χ1n) is 4.92. The van der Waals surface area contributed by atoms with Gasteiger partial charge in [0.15, 0.2) is 0 Å². The minimum absolute atomic E-state index is 0.271. The number of rotatable bonds is 4. The van der Waals surface area contributed by atoms with E-state index in [0.717, 1.165) is 5.56 Å². The zero-order valence-corrected chi connectivity index (χ0v) is 10.3. The van der Waals surface area contributed by atoms with Gasteiger partial charge < -0.3 is 9.47 Å². The van der Waals surface area contributed by atoms with Crippen LogP contribution in [0.4, 0.5) is 0 Å². The monoisotopic (exact) mass is 253 g/mol. The van der Waals surface area contributed by atoms with Gasteiger partial charge >= 0.3 is 5.97 Å². The molecule has 0 amide bonds. The maximum absolute atomic E-state index is 11.3. The number of carbonyl (C=O) groups excluding carboxylic acids is 1. The molecule has 0 radical (unpaired) electrons. The highest BCUT2D eigenvalue weighted by Crippen LogP contribution is 2.26. The van der Waals surface area contributed by atoms with Gasteiger partial charge in [-0.3, -0.25) is 4.79 Å². The Balaban J connectivity index is 2.85. The van der Waals surface area contributed by atoms with E-state index < -0.39 is 11.9 Å². The summed E-state index contributed by atoms with van der Waals surface area (Å²) in [5.41, 5.74) is 0.785. The van der Waals surface area contributed by atoms with Crippen molar-refractivity contribution in [3.63, 3.8) is 0 Å². The van der Waals surface area contributed by atoms with Crippen LogP contribution in [0.5, 0.6) is 5.75 Å². The summed E-state index contributed by atoms with van der Waals surface area (Å²) < 4.78 is 9.54. The van der Waals surface area contributed by atoms with Crippen LogP contribution in [0.25, 0.3) is 0 Å². The third kappa shape index (κ3) is 3.36. The van der Waals surface area contributed by atoms with E-state index in [1.165, 1.54) is 14.2 Å². The van der Waals surface area contributed by atoms with E-state index in [1.54, 1.807) is 18.2 Å². The molecule has 1 aromatic carbocycles. The zero-order valence-electron chi connectivity index (χ0n) is 9.57. The van der Waals surface area contributed by atoms with Crippen LogP contribution in [0.2, 0.25) is 5.02 Å². The lowest BCUT2D eigenvalue weighted by atomic mass is 10.0. The number of carbonyl (C=O) groups is 1. The minimum atomic E-state index is -0.815. The Hall–Kier alpha value is -1.73. The van der Waals surface area contributed by atoms with Gasteiger partial charge in [0, 0.05) is 0 Å². The van der Waals surface area contributed by atoms with Crippen molar-refractivity contribution in [3.05, 3.63) is 28.8 Å². The van der Waals surface area contributed by atoms with Gasteiger partial charge in [-0.1, -0.05) is 17.7 Å². The molecule has 0 N–H and O–H groups in total. The van der Waals surface area contributed by atoms with Gasteiger partial charge in [-0.05, 0) is 24.1 Å². The fraction of sp³-hybridized carbons (Fsp3) is 0.333. The normalized spacial score (nSPS) is 11.4. The summed E-state index contributed by atoms with van der Waals surface area (Å²) in [5.74, 6) is -0.800. The lowest BCUT2D eigenvalue weighted by Crippen LogP contribution is -2.16. The molecule has 0 saturated carbocycles. The first kappa shape index (κ1) is 13.3. The van der Waals surface area contributed by atoms with Crippen LogP contribution in [-0.4, -0.2) is 20.2 Å². The van der Waals surface area contributed by atoms with Gasteiger partial charge in [-0.2, -0.15) is 5.26 Å². The van der Waals surface area contributed by atoms with Crippen molar-refractivity contribution in [2.45, 2.75) is 6.42 Å². The summed E-state index contributed by atoms with van der Waals surface area (Å²) in [5, 5.41) is 9.30. The summed E-state index contributed by atoms with van der Waals surface area (Å²) in [6, 6.07) is 7.03. The molecule has 0 aromatic heterocycles. The third-order valence-electron chi connectivity index (χ3n) is 2.30. The second-order valence-electron chi connectivity index (χ2n) is 3.38. The standard InChI is InChI=1S/C12H12ClNO3/c1-16-11-4-3-8(6-10(11)13)5-9(7-14)12(15)17-2/h3-4,6,9H,5H2,1-2H3. The fourth-order valence-corrected chi connectivity index (χ4v) is 1.68. The molecule has 0 fully saturated rings. The molecule has 1 atom stereocenters. The van der Waals surface area contributed by atoms with Gasteiger partial charge in [0.05, 0.1) is 25.3 Å². The first-order valence-corrected chi connectivity index (χ1v) is 5.30. The van der Waals surface area contributed by atoms with Crippen LogP contribution >= 0.6 is 11.6 Å². The molecule has 17 heavy (non-hydrogen) atoms. The highest BCUT2D eigenvalue weighted by atomic mass is 35.5. The van der Waals surface area contributed by atoms with E-state index in [1.807, 2.05) is 6.07 Å². The molecule has 1 aromatic rings. The number of hydrogen-bond donors (Lipinski definition) is 0. The highest BCUT2D eigenvalue weighted by molar-refractivity contribution is 6.32. The van der Waals surface area contributed by atoms with E-state index in [4.69, 9.17) is 21.6 Å². The number of benzene rings is 1. The predicted molar refractivity (Wildman–Crippen MR) is 62.8 cm³/mol. The lowest BCUT2D eigenvalue weighted by molar-refractivity contribution is -0.143. The second-order valence-corrected chi connectivity index (χ2v) is 3.79. The number of ether oxygens (including phenoxy) is 2. The van der Waals surface area contributed by atoms with Crippen LogP contribution in [0.1, 0.15) is 5.56 Å². The Labute approximate surface area is 105 Å². The Morgan fingerprint density at radius 2 is 2.24 bits per heavy atom. The van der Waals surface area contributed by atoms with Crippen molar-refractivity contribution in [1.29, 1.82) is 5.26 Å². The molecule has 4 nitrogen and oxygen atoms in total. The molecule has 0 bridgehead atoms. The number of hydrogen-bond acceptors (Lipinski definition) is 4. The van der Waals surface area contributed by atoms with Crippen LogP contribution < -0.4 is 4.74 Å². The van der Waals surface area contributed by atoms with E-state index in [9.17, 15) is 4.79 Å². The van der Waals surface area contributed by atoms with Gasteiger partial charge in [0.2, 0.25) is 0 Å². The SMILES string of the molecule is COC(=O)C(C#N)Cc1ccc(OC)c(Cl)c1. The smallest absolute Gasteiger partial charge is 0.323 e. The molecule has 1 unspecified atom stereocenters. The van der Waals surface area contributed by atoms with Gasteiger partial charge in [0.1, 0.15) is 11.7 Å². The van der Waals surface area contributed by atoms with Crippen LogP contribution in [-0.2, 0) is 16.0 Å². The molecular weight excluding hydrogens is 242 g/mol. The van der Waals surface area contributed by atoms with Gasteiger partial charge in [-0.25, -0.2) is 0 Å². The average Bonchev–Trinajstić information content (AvgIpc) is 2.35. The van der Waals surface area contributed by atoms with E-state index in [0.29, 0.717) is 10.8 Å². The Bertz CT molecular complexity index is 454. The molecule has 0 heterocycles. The molecule has 0 aliphatic rings. The molecular formula is C12H12ClNO3. The van der Waals surface area contributed by atoms with Gasteiger partial charge in [-0.15, -0.1) is 0 Å². The van der Waals surface area contributed by atoms with Crippen molar-refractivity contribution in [2.75, 3.05) is 14.2 Å². The van der Waals surface area contributed by atoms with Crippen LogP contribution in [0, 0.1) is 17.2 Å². The Morgan fingerprint density at radius 1 is 1.53 bits per heavy atom. The molecule has 0 aliphatic carbocycles. The summed E-state index contributed by atoms with van der Waals surface area (Å²) in [7, 11) is 2.78. The third-order valence-corrected chi connectivity index (χ3v) is 2.59. The molecule has 1 rings (SSSR count). The van der Waals surface area contributed by atoms with E-state index in [-0.39, 0.29) is 6.42 Å². The maximum atomic E-state index is 11.3. The van der Waals surface area contributed by atoms with E-state index in [2.05, 4.69) is 4.74 Å². The Kier molecular flexibility index (Phi) is 4.80. The Morgan fingerprint density at radius 3 is 2.71 bits per heavy atom. The topological polar surface area (TPSA) is 59.3 Å². The quantitative estimate of drug-likeness (QED) is 0.772. The largest absolute Gasteiger partial charge is 0.495 e. The molecule has 0 saturated heterocycles.